The topological polar surface area (TPSA) is 87.2 Å². The number of benzene rings is 2. The molecule has 2 heterocycles. The molecule has 10 heteroatoms. The number of amides is 3. The quantitative estimate of drug-likeness (QED) is 0.590. The Morgan fingerprint density at radius 1 is 1.09 bits per heavy atom. The monoisotopic (exact) mass is 457 g/mol. The van der Waals surface area contributed by atoms with Crippen LogP contribution in [0.25, 0.3) is 0 Å². The van der Waals surface area contributed by atoms with E-state index in [1.807, 2.05) is 0 Å². The second kappa shape index (κ2) is 9.39. The van der Waals surface area contributed by atoms with E-state index in [0.29, 0.717) is 35.0 Å². The average Bonchev–Trinajstić information content (AvgIpc) is 3.27. The first kappa shape index (κ1) is 21.8. The maximum atomic E-state index is 13.8. The van der Waals surface area contributed by atoms with Gasteiger partial charge in [0.15, 0.2) is 0 Å². The van der Waals surface area contributed by atoms with E-state index < -0.39 is 11.7 Å². The first-order valence-corrected chi connectivity index (χ1v) is 10.9. The number of urea groups is 1. The minimum absolute atomic E-state index is 0.0579. The number of aryl methyl sites for hydroxylation is 1. The van der Waals surface area contributed by atoms with Crippen LogP contribution in [0.5, 0.6) is 0 Å². The van der Waals surface area contributed by atoms with Crippen molar-refractivity contribution in [3.63, 3.8) is 0 Å². The molecule has 3 aromatic rings. The summed E-state index contributed by atoms with van der Waals surface area (Å²) >= 11 is 1.16. The number of carbonyl (C=O) groups excluding carboxylic acids is 2. The van der Waals surface area contributed by atoms with Crippen molar-refractivity contribution in [1.29, 1.82) is 0 Å². The molecule has 0 bridgehead atoms. The summed E-state index contributed by atoms with van der Waals surface area (Å²) in [5, 5.41) is 14.3. The lowest BCUT2D eigenvalue weighted by Gasteiger charge is -2.31. The van der Waals surface area contributed by atoms with Crippen molar-refractivity contribution in [2.24, 2.45) is 0 Å². The maximum Gasteiger partial charge on any atom is 0.321 e. The minimum Gasteiger partial charge on any atom is -0.324 e. The minimum atomic E-state index is -0.467. The fourth-order valence-corrected chi connectivity index (χ4v) is 4.34. The number of likely N-dealkylation sites (tertiary alicyclic amines) is 1. The molecule has 0 radical (unpaired) electrons. The zero-order chi connectivity index (χ0) is 22.7. The van der Waals surface area contributed by atoms with Crippen molar-refractivity contribution in [3.8, 4) is 0 Å². The number of nitrogens with zero attached hydrogens (tertiary/aromatic N) is 3. The zero-order valence-electron chi connectivity index (χ0n) is 17.3. The van der Waals surface area contributed by atoms with Crippen molar-refractivity contribution in [1.82, 2.24) is 15.1 Å². The van der Waals surface area contributed by atoms with Crippen LogP contribution in [0.3, 0.4) is 0 Å². The Kier molecular flexibility index (Phi) is 6.40. The van der Waals surface area contributed by atoms with Gasteiger partial charge < -0.3 is 15.5 Å². The van der Waals surface area contributed by atoms with Crippen LogP contribution in [0.2, 0.25) is 0 Å². The molecule has 1 aliphatic heterocycles. The summed E-state index contributed by atoms with van der Waals surface area (Å²) in [5.74, 6) is -1.35. The Bertz CT molecular complexity index is 1150. The predicted octanol–water partition coefficient (Wildman–Crippen LogP) is 4.79. The molecule has 0 saturated carbocycles. The van der Waals surface area contributed by atoms with Crippen LogP contribution in [0.4, 0.5) is 25.0 Å². The Hall–Kier alpha value is -3.40. The third-order valence-corrected chi connectivity index (χ3v) is 6.28. The third kappa shape index (κ3) is 5.08. The molecule has 1 atom stereocenters. The largest absolute Gasteiger partial charge is 0.324 e. The molecule has 0 spiro atoms. The molecular formula is C22H21F2N5O2S. The molecule has 1 aromatic heterocycles. The van der Waals surface area contributed by atoms with Gasteiger partial charge in [0.1, 0.15) is 16.6 Å². The molecule has 1 saturated heterocycles. The van der Waals surface area contributed by atoms with Crippen LogP contribution in [0.1, 0.15) is 39.1 Å². The van der Waals surface area contributed by atoms with E-state index in [4.69, 9.17) is 0 Å². The van der Waals surface area contributed by atoms with Crippen LogP contribution in [-0.4, -0.2) is 40.1 Å². The summed E-state index contributed by atoms with van der Waals surface area (Å²) < 4.78 is 27.1. The van der Waals surface area contributed by atoms with Gasteiger partial charge in [-0.25, -0.2) is 13.6 Å². The lowest BCUT2D eigenvalue weighted by atomic mass is 9.99. The van der Waals surface area contributed by atoms with Crippen molar-refractivity contribution >= 4 is 34.6 Å². The lowest BCUT2D eigenvalue weighted by molar-refractivity contribution is 0.102. The summed E-state index contributed by atoms with van der Waals surface area (Å²) in [4.78, 5) is 26.7. The first-order chi connectivity index (χ1) is 15.4. The molecule has 32 heavy (non-hydrogen) atoms. The van der Waals surface area contributed by atoms with E-state index >= 15 is 0 Å². The maximum absolute atomic E-state index is 13.8. The van der Waals surface area contributed by atoms with Gasteiger partial charge in [-0.3, -0.25) is 4.79 Å². The van der Waals surface area contributed by atoms with E-state index in [1.54, 1.807) is 30.0 Å². The molecule has 1 aliphatic rings. The number of anilines is 2. The van der Waals surface area contributed by atoms with Gasteiger partial charge in [0, 0.05) is 30.4 Å². The summed E-state index contributed by atoms with van der Waals surface area (Å²) in [7, 11) is 0. The molecule has 4 rings (SSSR count). The first-order valence-electron chi connectivity index (χ1n) is 10.1. The predicted molar refractivity (Wildman–Crippen MR) is 118 cm³/mol. The summed E-state index contributed by atoms with van der Waals surface area (Å²) in [6, 6.07) is 9.85. The summed E-state index contributed by atoms with van der Waals surface area (Å²) in [6.07, 6.45) is 1.58. The Morgan fingerprint density at radius 2 is 1.91 bits per heavy atom. The average molecular weight is 458 g/mol. The zero-order valence-corrected chi connectivity index (χ0v) is 18.1. The van der Waals surface area contributed by atoms with Crippen LogP contribution in [0, 0.1) is 18.6 Å². The van der Waals surface area contributed by atoms with Crippen molar-refractivity contribution in [2.45, 2.75) is 25.7 Å². The van der Waals surface area contributed by atoms with Crippen LogP contribution in [0.15, 0.2) is 42.5 Å². The molecule has 0 aliphatic carbocycles. The highest BCUT2D eigenvalue weighted by atomic mass is 32.1. The van der Waals surface area contributed by atoms with E-state index in [-0.39, 0.29) is 22.8 Å². The number of aromatic nitrogens is 2. The van der Waals surface area contributed by atoms with Crippen molar-refractivity contribution in [2.75, 3.05) is 23.7 Å². The number of carbonyl (C=O) groups is 2. The van der Waals surface area contributed by atoms with Gasteiger partial charge in [0.25, 0.3) is 5.91 Å². The Morgan fingerprint density at radius 3 is 2.69 bits per heavy atom. The van der Waals surface area contributed by atoms with Gasteiger partial charge in [0.05, 0.1) is 0 Å². The fourth-order valence-electron chi connectivity index (χ4n) is 3.48. The van der Waals surface area contributed by atoms with Gasteiger partial charge >= 0.3 is 6.03 Å². The van der Waals surface area contributed by atoms with E-state index in [1.165, 1.54) is 24.3 Å². The Balaban J connectivity index is 1.39. The highest BCUT2D eigenvalue weighted by Gasteiger charge is 2.28. The smallest absolute Gasteiger partial charge is 0.321 e. The van der Waals surface area contributed by atoms with Gasteiger partial charge in [-0.2, -0.15) is 0 Å². The Labute approximate surface area is 187 Å². The van der Waals surface area contributed by atoms with E-state index in [0.717, 1.165) is 24.2 Å². The number of hydrogen-bond acceptors (Lipinski definition) is 5. The van der Waals surface area contributed by atoms with Crippen LogP contribution < -0.4 is 10.6 Å². The van der Waals surface area contributed by atoms with E-state index in [9.17, 15) is 18.4 Å². The third-order valence-electron chi connectivity index (χ3n) is 5.20. The molecule has 2 aromatic carbocycles. The van der Waals surface area contributed by atoms with Crippen LogP contribution >= 0.6 is 11.3 Å². The number of piperidine rings is 1. The van der Waals surface area contributed by atoms with E-state index in [2.05, 4.69) is 20.8 Å². The van der Waals surface area contributed by atoms with Crippen molar-refractivity contribution in [3.05, 3.63) is 69.7 Å². The van der Waals surface area contributed by atoms with Crippen LogP contribution in [-0.2, 0) is 0 Å². The number of hydrogen-bond donors (Lipinski definition) is 2. The van der Waals surface area contributed by atoms with Gasteiger partial charge in [-0.05, 0) is 55.7 Å². The van der Waals surface area contributed by atoms with Crippen molar-refractivity contribution < 1.29 is 18.4 Å². The number of nitrogens with one attached hydrogen (secondary N) is 2. The highest BCUT2D eigenvalue weighted by Crippen LogP contribution is 2.30. The molecule has 1 fully saturated rings. The normalized spacial score (nSPS) is 16.0. The summed E-state index contributed by atoms with van der Waals surface area (Å²) in [6.45, 7) is 2.65. The van der Waals surface area contributed by atoms with Gasteiger partial charge in [0.2, 0.25) is 5.01 Å². The molecule has 7 nitrogen and oxygen atoms in total. The SMILES string of the molecule is Cc1ccc(NC(=O)N2CCC[C@H](c3nnc(C(=O)Nc4cccc(F)c4)s3)C2)cc1F. The fraction of sp³-hybridized carbons (Fsp3) is 0.273. The van der Waals surface area contributed by atoms with Gasteiger partial charge in [-0.1, -0.05) is 23.5 Å². The lowest BCUT2D eigenvalue weighted by Crippen LogP contribution is -2.41. The second-order valence-corrected chi connectivity index (χ2v) is 8.60. The highest BCUT2D eigenvalue weighted by molar-refractivity contribution is 7.13. The molecule has 0 unspecified atom stereocenters. The molecule has 2 N–H and O–H groups in total. The molecular weight excluding hydrogens is 436 g/mol. The standard InChI is InChI=1S/C22H21F2N5O2S/c1-13-7-8-17(11-18(13)24)26-22(31)29-9-3-4-14(12-29)20-27-28-21(32-20)19(30)25-16-6-2-5-15(23)10-16/h2,5-8,10-11,14H,3-4,9,12H2,1H3,(H,25,30)(H,26,31)/t14-/m0/s1. The summed E-state index contributed by atoms with van der Waals surface area (Å²) in [5.41, 5.74) is 1.24. The second-order valence-electron chi connectivity index (χ2n) is 7.59. The molecule has 3 amide bonds. The molecule has 166 valence electrons. The number of rotatable bonds is 4. The van der Waals surface area contributed by atoms with Gasteiger partial charge in [-0.15, -0.1) is 10.2 Å². The number of halogens is 2.